The molecule has 3 rings (SSSR count). The van der Waals surface area contributed by atoms with E-state index in [2.05, 4.69) is 16.9 Å². The van der Waals surface area contributed by atoms with Gasteiger partial charge < -0.3 is 5.32 Å². The van der Waals surface area contributed by atoms with Crippen LogP contribution in [-0.4, -0.2) is 38.1 Å². The van der Waals surface area contributed by atoms with Crippen molar-refractivity contribution in [2.75, 3.05) is 18.9 Å². The zero-order valence-electron chi connectivity index (χ0n) is 12.9. The van der Waals surface area contributed by atoms with Gasteiger partial charge in [0.1, 0.15) is 15.8 Å². The van der Waals surface area contributed by atoms with Crippen molar-refractivity contribution in [3.63, 3.8) is 0 Å². The monoisotopic (exact) mass is 358 g/mol. The van der Waals surface area contributed by atoms with Gasteiger partial charge in [-0.05, 0) is 18.2 Å². The van der Waals surface area contributed by atoms with Gasteiger partial charge in [-0.3, -0.25) is 18.9 Å². The topological polar surface area (TPSA) is 66.7 Å². The minimum Gasteiger partial charge on any atom is -0.372 e. The largest absolute Gasteiger partial charge is 0.372 e. The summed E-state index contributed by atoms with van der Waals surface area (Å²) in [5.41, 5.74) is 0.599. The number of anilines is 1. The highest BCUT2D eigenvalue weighted by Gasteiger charge is 2.31. The molecule has 1 aliphatic heterocycles. The third kappa shape index (κ3) is 2.74. The number of hydrogen-bond donors (Lipinski definition) is 1. The second kappa shape index (κ2) is 6.58. The molecule has 3 heterocycles. The highest BCUT2D eigenvalue weighted by molar-refractivity contribution is 8.26. The normalized spacial score (nSPS) is 16.2. The van der Waals surface area contributed by atoms with E-state index >= 15 is 0 Å². The van der Waals surface area contributed by atoms with Gasteiger partial charge in [-0.2, -0.15) is 0 Å². The van der Waals surface area contributed by atoms with Crippen LogP contribution < -0.4 is 10.9 Å². The van der Waals surface area contributed by atoms with Gasteiger partial charge in [-0.25, -0.2) is 4.98 Å². The molecule has 1 saturated heterocycles. The molecule has 0 bridgehead atoms. The SMILES string of the molecule is C=CCN1C(=O)/C(=C/c2c(NC)nc3ccccn3c2=O)SC1=S. The summed E-state index contributed by atoms with van der Waals surface area (Å²) in [6.45, 7) is 3.97. The molecule has 1 aliphatic rings. The second-order valence-corrected chi connectivity index (χ2v) is 6.61. The van der Waals surface area contributed by atoms with E-state index in [0.717, 1.165) is 0 Å². The molecule has 1 N–H and O–H groups in total. The summed E-state index contributed by atoms with van der Waals surface area (Å²) in [5, 5.41) is 2.91. The van der Waals surface area contributed by atoms with E-state index in [9.17, 15) is 9.59 Å². The first-order valence-electron chi connectivity index (χ1n) is 7.12. The van der Waals surface area contributed by atoms with Crippen LogP contribution >= 0.6 is 24.0 Å². The Morgan fingerprint density at radius 2 is 2.21 bits per heavy atom. The van der Waals surface area contributed by atoms with Crippen molar-refractivity contribution >= 4 is 51.7 Å². The van der Waals surface area contributed by atoms with E-state index in [0.29, 0.717) is 32.8 Å². The predicted octanol–water partition coefficient (Wildman–Crippen LogP) is 2.12. The van der Waals surface area contributed by atoms with Crippen LogP contribution in [0.25, 0.3) is 11.7 Å². The van der Waals surface area contributed by atoms with Gasteiger partial charge in [-0.15, -0.1) is 6.58 Å². The minimum absolute atomic E-state index is 0.232. The van der Waals surface area contributed by atoms with Gasteiger partial charge >= 0.3 is 0 Å². The van der Waals surface area contributed by atoms with Crippen molar-refractivity contribution in [2.45, 2.75) is 0 Å². The number of pyridine rings is 1. The fourth-order valence-electron chi connectivity index (χ4n) is 2.34. The first kappa shape index (κ1) is 16.4. The van der Waals surface area contributed by atoms with E-state index in [1.165, 1.54) is 21.1 Å². The second-order valence-electron chi connectivity index (χ2n) is 4.94. The molecule has 0 spiro atoms. The van der Waals surface area contributed by atoms with Crippen LogP contribution in [0.2, 0.25) is 0 Å². The molecular formula is C16H14N4O2S2. The molecule has 0 atom stereocenters. The highest BCUT2D eigenvalue weighted by Crippen LogP contribution is 2.32. The summed E-state index contributed by atoms with van der Waals surface area (Å²) in [6, 6.07) is 5.30. The standard InChI is InChI=1S/C16H14N4O2S2/c1-3-7-20-15(22)11(24-16(20)23)9-10-13(17-2)18-12-6-4-5-8-19(12)14(10)21/h3-6,8-9,17H,1,7H2,2H3/b11-9-. The molecule has 0 radical (unpaired) electrons. The van der Waals surface area contributed by atoms with Gasteiger partial charge in [0.15, 0.2) is 0 Å². The van der Waals surface area contributed by atoms with Crippen LogP contribution in [0.1, 0.15) is 5.56 Å². The first-order chi connectivity index (χ1) is 11.6. The lowest BCUT2D eigenvalue weighted by Crippen LogP contribution is -2.28. The molecule has 24 heavy (non-hydrogen) atoms. The Bertz CT molecular complexity index is 949. The van der Waals surface area contributed by atoms with Crippen LogP contribution in [0.4, 0.5) is 5.82 Å². The number of thioether (sulfide) groups is 1. The van der Waals surface area contributed by atoms with Crippen molar-refractivity contribution in [1.82, 2.24) is 14.3 Å². The maximum absolute atomic E-state index is 12.7. The molecule has 122 valence electrons. The van der Waals surface area contributed by atoms with Gasteiger partial charge in [0.05, 0.1) is 10.5 Å². The summed E-state index contributed by atoms with van der Waals surface area (Å²) < 4.78 is 1.89. The number of thiocarbonyl (C=S) groups is 1. The fourth-order valence-corrected chi connectivity index (χ4v) is 3.60. The van der Waals surface area contributed by atoms with Gasteiger partial charge in [0.25, 0.3) is 11.5 Å². The van der Waals surface area contributed by atoms with Crippen LogP contribution in [0.15, 0.2) is 46.8 Å². The van der Waals surface area contributed by atoms with Crippen LogP contribution in [0.5, 0.6) is 0 Å². The maximum Gasteiger partial charge on any atom is 0.267 e. The molecule has 0 unspecified atom stereocenters. The highest BCUT2D eigenvalue weighted by atomic mass is 32.2. The number of aromatic nitrogens is 2. The first-order valence-corrected chi connectivity index (χ1v) is 8.34. The Hall–Kier alpha value is -2.45. The number of carbonyl (C=O) groups is 1. The number of rotatable bonds is 4. The number of fused-ring (bicyclic) bond motifs is 1. The third-order valence-corrected chi connectivity index (χ3v) is 4.84. The molecule has 1 amide bonds. The van der Waals surface area contributed by atoms with Crippen LogP contribution in [-0.2, 0) is 4.79 Å². The Labute approximate surface area is 147 Å². The fraction of sp³-hybridized carbons (Fsp3) is 0.125. The average Bonchev–Trinajstić information content (AvgIpc) is 2.85. The van der Waals surface area contributed by atoms with Gasteiger partial charge in [0.2, 0.25) is 0 Å². The third-order valence-electron chi connectivity index (χ3n) is 3.47. The Morgan fingerprint density at radius 3 is 2.92 bits per heavy atom. The summed E-state index contributed by atoms with van der Waals surface area (Å²) >= 11 is 6.38. The molecule has 0 saturated carbocycles. The van der Waals surface area contributed by atoms with E-state index < -0.39 is 0 Å². The molecule has 2 aromatic rings. The number of nitrogens with one attached hydrogen (secondary N) is 1. The number of carbonyl (C=O) groups excluding carboxylic acids is 1. The van der Waals surface area contributed by atoms with E-state index in [-0.39, 0.29) is 11.5 Å². The van der Waals surface area contributed by atoms with Gasteiger partial charge in [-0.1, -0.05) is 36.1 Å². The number of hydrogen-bond acceptors (Lipinski definition) is 6. The zero-order chi connectivity index (χ0) is 17.3. The molecule has 0 aliphatic carbocycles. The van der Waals surface area contributed by atoms with Crippen molar-refractivity contribution in [3.05, 3.63) is 57.9 Å². The van der Waals surface area contributed by atoms with E-state index in [4.69, 9.17) is 12.2 Å². The van der Waals surface area contributed by atoms with Crippen LogP contribution in [0, 0.1) is 0 Å². The zero-order valence-corrected chi connectivity index (χ0v) is 14.5. The lowest BCUT2D eigenvalue weighted by atomic mass is 10.2. The lowest BCUT2D eigenvalue weighted by molar-refractivity contribution is -0.121. The van der Waals surface area contributed by atoms with Crippen molar-refractivity contribution in [1.29, 1.82) is 0 Å². The molecule has 1 fully saturated rings. The molecular weight excluding hydrogens is 344 g/mol. The predicted molar refractivity (Wildman–Crippen MR) is 101 cm³/mol. The van der Waals surface area contributed by atoms with E-state index in [1.807, 2.05) is 0 Å². The molecule has 0 aromatic carbocycles. The maximum atomic E-state index is 12.7. The Morgan fingerprint density at radius 1 is 1.42 bits per heavy atom. The minimum atomic E-state index is -0.251. The van der Waals surface area contributed by atoms with Crippen molar-refractivity contribution in [2.24, 2.45) is 0 Å². The van der Waals surface area contributed by atoms with Crippen LogP contribution in [0.3, 0.4) is 0 Å². The van der Waals surface area contributed by atoms with E-state index in [1.54, 1.807) is 43.6 Å². The molecule has 8 heteroatoms. The number of nitrogens with zero attached hydrogens (tertiary/aromatic N) is 3. The average molecular weight is 358 g/mol. The summed E-state index contributed by atoms with van der Waals surface area (Å²) in [4.78, 5) is 31.4. The van der Waals surface area contributed by atoms with Crippen molar-refractivity contribution < 1.29 is 4.79 Å². The lowest BCUT2D eigenvalue weighted by Gasteiger charge is -2.10. The number of amides is 1. The van der Waals surface area contributed by atoms with Crippen molar-refractivity contribution in [3.8, 4) is 0 Å². The van der Waals surface area contributed by atoms with Gasteiger partial charge in [0, 0.05) is 19.8 Å². The summed E-state index contributed by atoms with van der Waals surface area (Å²) in [7, 11) is 1.68. The summed E-state index contributed by atoms with van der Waals surface area (Å²) in [6.07, 6.45) is 4.80. The molecule has 2 aromatic heterocycles. The smallest absolute Gasteiger partial charge is 0.267 e. The molecule has 6 nitrogen and oxygen atoms in total. The Balaban J connectivity index is 2.15. The summed E-state index contributed by atoms with van der Waals surface area (Å²) in [5.74, 6) is 0.185. The Kier molecular flexibility index (Phi) is 4.50. The quantitative estimate of drug-likeness (QED) is 0.513.